The maximum atomic E-state index is 4.75. The predicted octanol–water partition coefficient (Wildman–Crippen LogP) is 2.28. The summed E-state index contributed by atoms with van der Waals surface area (Å²) in [4.78, 5) is 18.6. The molecule has 0 aliphatic carbocycles. The third-order valence-electron chi connectivity index (χ3n) is 4.34. The van der Waals surface area contributed by atoms with E-state index in [1.807, 2.05) is 0 Å². The molecule has 21 heavy (non-hydrogen) atoms. The smallest absolute Gasteiger partial charge is 0.232 e. The van der Waals surface area contributed by atoms with Crippen LogP contribution in [0.1, 0.15) is 46.0 Å². The first-order valence-electron chi connectivity index (χ1n) is 8.29. The number of anilines is 3. The fraction of sp³-hybridized carbons (Fsp3) is 0.800. The molecule has 0 radical (unpaired) electrons. The van der Waals surface area contributed by atoms with E-state index in [9.17, 15) is 0 Å². The fourth-order valence-electron chi connectivity index (χ4n) is 3.09. The summed E-state index contributed by atoms with van der Waals surface area (Å²) in [6, 6.07) is 0.526. The first kappa shape index (κ1) is 14.4. The van der Waals surface area contributed by atoms with Crippen molar-refractivity contribution in [2.24, 2.45) is 0 Å². The zero-order valence-electron chi connectivity index (χ0n) is 13.2. The maximum Gasteiger partial charge on any atom is 0.232 e. The normalized spacial score (nSPS) is 22.1. The molecule has 116 valence electrons. The molecule has 1 unspecified atom stereocenters. The Morgan fingerprint density at radius 3 is 2.48 bits per heavy atom. The van der Waals surface area contributed by atoms with Crippen molar-refractivity contribution in [2.75, 3.05) is 41.3 Å². The predicted molar refractivity (Wildman–Crippen MR) is 86.1 cm³/mol. The molecule has 3 heterocycles. The van der Waals surface area contributed by atoms with Crippen LogP contribution in [0.5, 0.6) is 0 Å². The number of hydrogen-bond acceptors (Lipinski definition) is 6. The van der Waals surface area contributed by atoms with Crippen LogP contribution in [0.15, 0.2) is 0 Å². The van der Waals surface area contributed by atoms with Crippen LogP contribution in [0.2, 0.25) is 0 Å². The number of rotatable bonds is 5. The van der Waals surface area contributed by atoms with E-state index in [1.165, 1.54) is 25.7 Å². The van der Waals surface area contributed by atoms with Gasteiger partial charge >= 0.3 is 0 Å². The molecule has 1 N–H and O–H groups in total. The lowest BCUT2D eigenvalue weighted by Crippen LogP contribution is -2.30. The molecule has 2 aliphatic heterocycles. The highest BCUT2D eigenvalue weighted by atomic mass is 15.4. The Hall–Kier alpha value is -1.59. The molecule has 0 spiro atoms. The molecule has 2 fully saturated rings. The monoisotopic (exact) mass is 290 g/mol. The molecule has 6 heteroatoms. The molecule has 6 nitrogen and oxygen atoms in total. The van der Waals surface area contributed by atoms with Crippen LogP contribution in [-0.2, 0) is 0 Å². The second kappa shape index (κ2) is 6.45. The Morgan fingerprint density at radius 1 is 1.05 bits per heavy atom. The highest BCUT2D eigenvalue weighted by molar-refractivity contribution is 5.46. The van der Waals surface area contributed by atoms with Crippen LogP contribution < -0.4 is 15.1 Å². The van der Waals surface area contributed by atoms with Crippen molar-refractivity contribution in [3.63, 3.8) is 0 Å². The van der Waals surface area contributed by atoms with Gasteiger partial charge in [0.2, 0.25) is 17.8 Å². The topological polar surface area (TPSA) is 57.2 Å². The van der Waals surface area contributed by atoms with Gasteiger partial charge in [0.25, 0.3) is 0 Å². The molecule has 0 aromatic carbocycles. The quantitative estimate of drug-likeness (QED) is 0.898. The largest absolute Gasteiger partial charge is 0.354 e. The molecule has 0 saturated carbocycles. The van der Waals surface area contributed by atoms with E-state index in [1.54, 1.807) is 0 Å². The van der Waals surface area contributed by atoms with E-state index in [0.717, 1.165) is 50.4 Å². The lowest BCUT2D eigenvalue weighted by atomic mass is 10.2. The summed E-state index contributed by atoms with van der Waals surface area (Å²) < 4.78 is 0. The molecule has 1 aromatic rings. The molecule has 3 rings (SSSR count). The van der Waals surface area contributed by atoms with Crippen LogP contribution in [0, 0.1) is 0 Å². The maximum absolute atomic E-state index is 4.75. The molecule has 2 saturated heterocycles. The number of nitrogens with one attached hydrogen (secondary N) is 1. The zero-order chi connectivity index (χ0) is 14.7. The van der Waals surface area contributed by atoms with Gasteiger partial charge in [-0.2, -0.15) is 15.0 Å². The van der Waals surface area contributed by atoms with Crippen molar-refractivity contribution in [1.29, 1.82) is 0 Å². The van der Waals surface area contributed by atoms with Crippen molar-refractivity contribution < 1.29 is 0 Å². The Balaban J connectivity index is 1.88. The molecule has 2 aliphatic rings. The van der Waals surface area contributed by atoms with Gasteiger partial charge in [0.1, 0.15) is 0 Å². The van der Waals surface area contributed by atoms with E-state index < -0.39 is 0 Å². The molecule has 1 aromatic heterocycles. The summed E-state index contributed by atoms with van der Waals surface area (Å²) in [6.07, 6.45) is 5.99. The summed E-state index contributed by atoms with van der Waals surface area (Å²) in [5.41, 5.74) is 0. The molecule has 1 atom stereocenters. The van der Waals surface area contributed by atoms with Gasteiger partial charge in [-0.1, -0.05) is 6.92 Å². The Bertz CT molecular complexity index is 471. The van der Waals surface area contributed by atoms with E-state index in [2.05, 4.69) is 38.9 Å². The highest BCUT2D eigenvalue weighted by Crippen LogP contribution is 2.25. The number of hydrogen-bond donors (Lipinski definition) is 1. The van der Waals surface area contributed by atoms with E-state index in [-0.39, 0.29) is 0 Å². The lowest BCUT2D eigenvalue weighted by Gasteiger charge is -2.24. The highest BCUT2D eigenvalue weighted by Gasteiger charge is 2.25. The van der Waals surface area contributed by atoms with Crippen LogP contribution in [0.25, 0.3) is 0 Å². The van der Waals surface area contributed by atoms with Crippen molar-refractivity contribution in [3.8, 4) is 0 Å². The Morgan fingerprint density at radius 2 is 1.81 bits per heavy atom. The SMILES string of the molecule is CCCNc1nc(N2CCCC2)nc(N2CCCC2C)n1. The van der Waals surface area contributed by atoms with Crippen LogP contribution >= 0.6 is 0 Å². The van der Waals surface area contributed by atoms with Crippen molar-refractivity contribution in [3.05, 3.63) is 0 Å². The third-order valence-corrected chi connectivity index (χ3v) is 4.34. The fourth-order valence-corrected chi connectivity index (χ4v) is 3.09. The minimum absolute atomic E-state index is 0.526. The average molecular weight is 290 g/mol. The third kappa shape index (κ3) is 3.19. The minimum Gasteiger partial charge on any atom is -0.354 e. The van der Waals surface area contributed by atoms with E-state index in [4.69, 9.17) is 4.98 Å². The summed E-state index contributed by atoms with van der Waals surface area (Å²) >= 11 is 0. The molecular weight excluding hydrogens is 264 g/mol. The first-order chi connectivity index (χ1) is 10.3. The van der Waals surface area contributed by atoms with E-state index >= 15 is 0 Å². The standard InChI is InChI=1S/C15H26N6/c1-3-8-16-13-17-14(20-9-4-5-10-20)19-15(18-13)21-11-6-7-12(21)2/h12H,3-11H2,1-2H3,(H,16,17,18,19). The van der Waals surface area contributed by atoms with Crippen molar-refractivity contribution >= 4 is 17.8 Å². The summed E-state index contributed by atoms with van der Waals surface area (Å²) in [5.74, 6) is 2.41. The lowest BCUT2D eigenvalue weighted by molar-refractivity contribution is 0.711. The van der Waals surface area contributed by atoms with Gasteiger partial charge in [-0.25, -0.2) is 0 Å². The molecule has 0 bridgehead atoms. The number of aromatic nitrogens is 3. The second-order valence-electron chi connectivity index (χ2n) is 6.06. The van der Waals surface area contributed by atoms with E-state index in [0.29, 0.717) is 6.04 Å². The second-order valence-corrected chi connectivity index (χ2v) is 6.06. The minimum atomic E-state index is 0.526. The van der Waals surface area contributed by atoms with Crippen molar-refractivity contribution in [1.82, 2.24) is 15.0 Å². The summed E-state index contributed by atoms with van der Waals surface area (Å²) in [5, 5.41) is 3.32. The van der Waals surface area contributed by atoms with Gasteiger partial charge in [0, 0.05) is 32.2 Å². The van der Waals surface area contributed by atoms with Gasteiger partial charge in [-0.15, -0.1) is 0 Å². The number of nitrogens with zero attached hydrogens (tertiary/aromatic N) is 5. The summed E-state index contributed by atoms with van der Waals surface area (Å²) in [6.45, 7) is 8.49. The van der Waals surface area contributed by atoms with Crippen LogP contribution in [0.4, 0.5) is 17.8 Å². The Kier molecular flexibility index (Phi) is 4.41. The molecule has 0 amide bonds. The van der Waals surface area contributed by atoms with Gasteiger partial charge in [-0.3, -0.25) is 0 Å². The molecular formula is C15H26N6. The van der Waals surface area contributed by atoms with Crippen LogP contribution in [0.3, 0.4) is 0 Å². The first-order valence-corrected chi connectivity index (χ1v) is 8.29. The van der Waals surface area contributed by atoms with Gasteiger partial charge in [-0.05, 0) is 39.0 Å². The van der Waals surface area contributed by atoms with Gasteiger partial charge in [0.05, 0.1) is 0 Å². The van der Waals surface area contributed by atoms with Crippen molar-refractivity contribution in [2.45, 2.75) is 52.0 Å². The zero-order valence-corrected chi connectivity index (χ0v) is 13.2. The average Bonchev–Trinajstić information content (AvgIpc) is 3.16. The summed E-state index contributed by atoms with van der Waals surface area (Å²) in [7, 11) is 0. The van der Waals surface area contributed by atoms with Gasteiger partial charge < -0.3 is 15.1 Å². The Labute approximate surface area is 127 Å². The van der Waals surface area contributed by atoms with Gasteiger partial charge in [0.15, 0.2) is 0 Å². The van der Waals surface area contributed by atoms with Crippen LogP contribution in [-0.4, -0.2) is 47.2 Å².